The lowest BCUT2D eigenvalue weighted by atomic mass is 10.1. The molecule has 1 atom stereocenters. The Kier molecular flexibility index (Phi) is 10.7. The van der Waals surface area contributed by atoms with Gasteiger partial charge in [-0.15, -0.1) is 0 Å². The predicted molar refractivity (Wildman–Crippen MR) is 151 cm³/mol. The van der Waals surface area contributed by atoms with Crippen LogP contribution in [-0.2, 0) is 14.3 Å². The van der Waals surface area contributed by atoms with Crippen molar-refractivity contribution in [1.29, 1.82) is 0 Å². The number of amides is 3. The van der Waals surface area contributed by atoms with Crippen molar-refractivity contribution in [2.75, 3.05) is 69.7 Å². The Balaban J connectivity index is 1.33. The molecule has 0 radical (unpaired) electrons. The molecular weight excluding hydrogens is 520 g/mol. The first kappa shape index (κ1) is 28.9. The van der Waals surface area contributed by atoms with Gasteiger partial charge in [0.25, 0.3) is 5.91 Å². The predicted octanol–water partition coefficient (Wildman–Crippen LogP) is 2.64. The Morgan fingerprint density at radius 3 is 2.51 bits per heavy atom. The summed E-state index contributed by atoms with van der Waals surface area (Å²) < 4.78 is 5.91. The molecule has 2 aliphatic rings. The van der Waals surface area contributed by atoms with Crippen LogP contribution in [0.15, 0.2) is 42.6 Å². The molecule has 0 bridgehead atoms. The van der Waals surface area contributed by atoms with Crippen molar-refractivity contribution >= 4 is 40.8 Å². The first-order chi connectivity index (χ1) is 18.9. The lowest BCUT2D eigenvalue weighted by molar-refractivity contribution is -0.119. The van der Waals surface area contributed by atoms with Crippen molar-refractivity contribution in [2.24, 2.45) is 0 Å². The van der Waals surface area contributed by atoms with E-state index in [0.717, 1.165) is 51.3 Å². The smallest absolute Gasteiger partial charge is 0.251 e. The van der Waals surface area contributed by atoms with Crippen LogP contribution in [-0.4, -0.2) is 98.1 Å². The summed E-state index contributed by atoms with van der Waals surface area (Å²) in [6.07, 6.45) is 3.91. The summed E-state index contributed by atoms with van der Waals surface area (Å²) in [5.74, 6) is -0.116. The fourth-order valence-corrected chi connectivity index (χ4v) is 4.76. The van der Waals surface area contributed by atoms with Crippen LogP contribution in [0.2, 0.25) is 5.02 Å². The maximum absolute atomic E-state index is 13.1. The summed E-state index contributed by atoms with van der Waals surface area (Å²) in [6, 6.07) is 9.71. The second kappa shape index (κ2) is 14.4. The quantitative estimate of drug-likeness (QED) is 0.410. The summed E-state index contributed by atoms with van der Waals surface area (Å²) in [5.41, 5.74) is 1.24. The number of piperazine rings is 1. The van der Waals surface area contributed by atoms with Crippen LogP contribution in [0.5, 0.6) is 0 Å². The largest absolute Gasteiger partial charge is 0.378 e. The van der Waals surface area contributed by atoms with Gasteiger partial charge in [-0.05, 0) is 56.3 Å². The highest BCUT2D eigenvalue weighted by molar-refractivity contribution is 6.30. The number of carbonyl (C=O) groups excluding carboxylic acids is 3. The molecule has 3 amide bonds. The van der Waals surface area contributed by atoms with Crippen LogP contribution < -0.4 is 15.5 Å². The van der Waals surface area contributed by atoms with Crippen molar-refractivity contribution in [3.8, 4) is 0 Å². The standard InChI is InChI=1S/C28H37ClN6O4/c1-33-12-14-34(15-13-33)16-17-39-20-23(18-26(36)32-25-10-7-22(29)19-30-25)31-28(38)21-5-8-24(9-6-21)35-11-3-2-4-27(35)37/h5-10,19,23H,2-4,11-18,20H2,1H3,(H,31,38)(H,30,32,36). The minimum absolute atomic E-state index is 0.0188. The Bertz CT molecular complexity index is 1110. The molecule has 1 aromatic carbocycles. The van der Waals surface area contributed by atoms with Gasteiger partial charge in [0.2, 0.25) is 11.8 Å². The fourth-order valence-electron chi connectivity index (χ4n) is 4.65. The van der Waals surface area contributed by atoms with Crippen LogP contribution in [0.4, 0.5) is 11.5 Å². The van der Waals surface area contributed by atoms with Crippen LogP contribution in [0.1, 0.15) is 36.0 Å². The zero-order valence-electron chi connectivity index (χ0n) is 22.4. The number of nitrogens with one attached hydrogen (secondary N) is 2. The average molecular weight is 557 g/mol. The molecule has 0 spiro atoms. The number of anilines is 2. The molecule has 1 unspecified atom stereocenters. The molecule has 3 heterocycles. The normalized spacial score (nSPS) is 17.6. The Labute approximate surface area is 234 Å². The van der Waals surface area contributed by atoms with E-state index in [-0.39, 0.29) is 30.7 Å². The molecule has 39 heavy (non-hydrogen) atoms. The van der Waals surface area contributed by atoms with Crippen molar-refractivity contribution in [3.63, 3.8) is 0 Å². The molecule has 10 nitrogen and oxygen atoms in total. The van der Waals surface area contributed by atoms with Crippen molar-refractivity contribution in [2.45, 2.75) is 31.7 Å². The van der Waals surface area contributed by atoms with E-state index >= 15 is 0 Å². The minimum Gasteiger partial charge on any atom is -0.378 e. The second-order valence-electron chi connectivity index (χ2n) is 10.1. The van der Waals surface area contributed by atoms with Gasteiger partial charge in [-0.2, -0.15) is 0 Å². The van der Waals surface area contributed by atoms with Crippen LogP contribution >= 0.6 is 11.6 Å². The van der Waals surface area contributed by atoms with Crippen LogP contribution in [0, 0.1) is 0 Å². The SMILES string of the molecule is CN1CCN(CCOCC(CC(=O)Nc2ccc(Cl)cn2)NC(=O)c2ccc(N3CCCCC3=O)cc2)CC1. The Hall–Kier alpha value is -3.05. The monoisotopic (exact) mass is 556 g/mol. The maximum Gasteiger partial charge on any atom is 0.251 e. The number of likely N-dealkylation sites (N-methyl/N-ethyl adjacent to an activating group) is 1. The van der Waals surface area contributed by atoms with E-state index in [4.69, 9.17) is 16.3 Å². The van der Waals surface area contributed by atoms with Gasteiger partial charge in [-0.1, -0.05) is 11.6 Å². The maximum atomic E-state index is 13.1. The van der Waals surface area contributed by atoms with Gasteiger partial charge in [0, 0.05) is 69.6 Å². The van der Waals surface area contributed by atoms with Gasteiger partial charge in [-0.25, -0.2) is 4.98 Å². The third kappa shape index (κ3) is 8.99. The van der Waals surface area contributed by atoms with Gasteiger partial charge in [0.1, 0.15) is 5.82 Å². The number of hydrogen-bond acceptors (Lipinski definition) is 7. The number of nitrogens with zero attached hydrogens (tertiary/aromatic N) is 4. The number of pyridine rings is 1. The summed E-state index contributed by atoms with van der Waals surface area (Å²) in [7, 11) is 2.12. The summed E-state index contributed by atoms with van der Waals surface area (Å²) in [4.78, 5) is 48.6. The third-order valence-electron chi connectivity index (χ3n) is 6.99. The number of hydrogen-bond donors (Lipinski definition) is 2. The molecule has 2 N–H and O–H groups in total. The number of ether oxygens (including phenoxy) is 1. The lowest BCUT2D eigenvalue weighted by Gasteiger charge is -2.32. The molecule has 2 fully saturated rings. The van der Waals surface area contributed by atoms with Gasteiger partial charge in [0.05, 0.1) is 24.3 Å². The average Bonchev–Trinajstić information content (AvgIpc) is 2.93. The Morgan fingerprint density at radius 2 is 1.82 bits per heavy atom. The van der Waals surface area contributed by atoms with E-state index in [1.807, 2.05) is 0 Å². The molecule has 0 aliphatic carbocycles. The Morgan fingerprint density at radius 1 is 1.05 bits per heavy atom. The van der Waals surface area contributed by atoms with Gasteiger partial charge < -0.3 is 25.2 Å². The van der Waals surface area contributed by atoms with Crippen LogP contribution in [0.25, 0.3) is 0 Å². The molecule has 2 aromatic rings. The van der Waals surface area contributed by atoms with E-state index in [1.165, 1.54) is 6.20 Å². The first-order valence-corrected chi connectivity index (χ1v) is 13.9. The second-order valence-corrected chi connectivity index (χ2v) is 10.5. The van der Waals surface area contributed by atoms with Gasteiger partial charge in [-0.3, -0.25) is 19.3 Å². The van der Waals surface area contributed by atoms with E-state index in [2.05, 4.69) is 32.5 Å². The number of aromatic nitrogens is 1. The molecule has 0 saturated carbocycles. The molecule has 2 saturated heterocycles. The molecular formula is C28H37ClN6O4. The van der Waals surface area contributed by atoms with Crippen LogP contribution in [0.3, 0.4) is 0 Å². The van der Waals surface area contributed by atoms with E-state index < -0.39 is 6.04 Å². The number of carbonyl (C=O) groups is 3. The highest BCUT2D eigenvalue weighted by Gasteiger charge is 2.22. The number of piperidine rings is 1. The minimum atomic E-state index is -0.541. The topological polar surface area (TPSA) is 107 Å². The van der Waals surface area contributed by atoms with E-state index in [0.29, 0.717) is 36.0 Å². The first-order valence-electron chi connectivity index (χ1n) is 13.5. The molecule has 210 valence electrons. The fraction of sp³-hybridized carbons (Fsp3) is 0.500. The molecule has 1 aromatic heterocycles. The van der Waals surface area contributed by atoms with E-state index in [9.17, 15) is 14.4 Å². The number of benzene rings is 1. The summed E-state index contributed by atoms with van der Waals surface area (Å²) >= 11 is 5.88. The molecule has 4 rings (SSSR count). The van der Waals surface area contributed by atoms with Crippen molar-refractivity contribution < 1.29 is 19.1 Å². The third-order valence-corrected chi connectivity index (χ3v) is 7.22. The molecule has 2 aliphatic heterocycles. The highest BCUT2D eigenvalue weighted by Crippen LogP contribution is 2.21. The van der Waals surface area contributed by atoms with Gasteiger partial charge >= 0.3 is 0 Å². The summed E-state index contributed by atoms with van der Waals surface area (Å²) in [6.45, 7) is 6.24. The molecule has 11 heteroatoms. The van der Waals surface area contributed by atoms with Crippen molar-refractivity contribution in [1.82, 2.24) is 20.1 Å². The van der Waals surface area contributed by atoms with Gasteiger partial charge in [0.15, 0.2) is 0 Å². The summed E-state index contributed by atoms with van der Waals surface area (Å²) in [5, 5.41) is 6.16. The number of rotatable bonds is 11. The van der Waals surface area contributed by atoms with Crippen molar-refractivity contribution in [3.05, 3.63) is 53.2 Å². The highest BCUT2D eigenvalue weighted by atomic mass is 35.5. The zero-order chi connectivity index (χ0) is 27.6. The number of halogens is 1. The van der Waals surface area contributed by atoms with E-state index in [1.54, 1.807) is 41.3 Å². The lowest BCUT2D eigenvalue weighted by Crippen LogP contribution is -2.46. The zero-order valence-corrected chi connectivity index (χ0v) is 23.2.